The van der Waals surface area contributed by atoms with Crippen molar-refractivity contribution in [2.75, 3.05) is 26.4 Å². The zero-order chi connectivity index (χ0) is 26.1. The SMILES string of the molecule is CC1=C(c2cccc(O)c2)C(c2ccc(OC[C@H](C(F)F)N3CC(CF)C3)cc2)Oc2ccc(O)cc21. The van der Waals surface area contributed by atoms with E-state index in [2.05, 4.69) is 0 Å². The Morgan fingerprint density at radius 2 is 1.73 bits per heavy atom. The lowest BCUT2D eigenvalue weighted by molar-refractivity contribution is -0.0541. The molecule has 2 aliphatic rings. The number of rotatable bonds is 8. The van der Waals surface area contributed by atoms with Crippen LogP contribution in [0.15, 0.2) is 66.7 Å². The average Bonchev–Trinajstić information content (AvgIpc) is 2.85. The highest BCUT2D eigenvalue weighted by Crippen LogP contribution is 2.47. The predicted octanol–water partition coefficient (Wildman–Crippen LogP) is 6.08. The van der Waals surface area contributed by atoms with E-state index in [0.717, 1.165) is 27.8 Å². The van der Waals surface area contributed by atoms with E-state index < -0.39 is 25.2 Å². The van der Waals surface area contributed by atoms with Gasteiger partial charge in [0.05, 0.1) is 6.67 Å². The highest BCUT2D eigenvalue weighted by atomic mass is 19.3. The minimum absolute atomic E-state index is 0.121. The number of phenols is 2. The van der Waals surface area contributed by atoms with Gasteiger partial charge in [-0.05, 0) is 66.1 Å². The summed E-state index contributed by atoms with van der Waals surface area (Å²) in [7, 11) is 0. The van der Waals surface area contributed by atoms with Gasteiger partial charge in [0.15, 0.2) is 0 Å². The predicted molar refractivity (Wildman–Crippen MR) is 135 cm³/mol. The quantitative estimate of drug-likeness (QED) is 0.384. The molecular weight excluding hydrogens is 483 g/mol. The van der Waals surface area contributed by atoms with Gasteiger partial charge in [0, 0.05) is 30.1 Å². The molecule has 1 fully saturated rings. The van der Waals surface area contributed by atoms with E-state index in [0.29, 0.717) is 24.6 Å². The van der Waals surface area contributed by atoms with Crippen LogP contribution in [0, 0.1) is 5.92 Å². The Morgan fingerprint density at radius 1 is 1.00 bits per heavy atom. The molecule has 1 saturated heterocycles. The van der Waals surface area contributed by atoms with Gasteiger partial charge in [-0.1, -0.05) is 24.3 Å². The standard InChI is InChI=1S/C29H28F3NO4/c1-17-24-12-22(35)7-10-26(24)37-28(27(17)20-3-2-4-21(34)11-20)19-5-8-23(9-6-19)36-16-25(29(31)32)33-14-18(13-30)15-33/h2-12,18,25,28-29,34-35H,13-16H2,1H3/t25-,28?/m1/s1. The Morgan fingerprint density at radius 3 is 2.41 bits per heavy atom. The van der Waals surface area contributed by atoms with E-state index in [4.69, 9.17) is 9.47 Å². The van der Waals surface area contributed by atoms with Crippen LogP contribution in [0.4, 0.5) is 13.2 Å². The van der Waals surface area contributed by atoms with Gasteiger partial charge in [-0.25, -0.2) is 8.78 Å². The monoisotopic (exact) mass is 511 g/mol. The molecule has 1 unspecified atom stereocenters. The molecule has 5 nitrogen and oxygen atoms in total. The smallest absolute Gasteiger partial charge is 0.257 e. The Bertz CT molecular complexity index is 1290. The van der Waals surface area contributed by atoms with Crippen molar-refractivity contribution in [2.45, 2.75) is 25.5 Å². The van der Waals surface area contributed by atoms with Crippen molar-refractivity contribution in [1.82, 2.24) is 4.90 Å². The van der Waals surface area contributed by atoms with Crippen LogP contribution in [0.5, 0.6) is 23.0 Å². The summed E-state index contributed by atoms with van der Waals surface area (Å²) in [5, 5.41) is 20.1. The number of hydrogen-bond acceptors (Lipinski definition) is 5. The minimum atomic E-state index is -2.59. The van der Waals surface area contributed by atoms with Crippen LogP contribution in [0.25, 0.3) is 11.1 Å². The molecule has 37 heavy (non-hydrogen) atoms. The first-order valence-corrected chi connectivity index (χ1v) is 12.1. The van der Waals surface area contributed by atoms with Crippen molar-refractivity contribution in [3.05, 3.63) is 83.4 Å². The number of likely N-dealkylation sites (tertiary alicyclic amines) is 1. The first kappa shape index (κ1) is 25.0. The molecule has 0 spiro atoms. The summed E-state index contributed by atoms with van der Waals surface area (Å²) in [5.74, 6) is 1.12. The second kappa shape index (κ2) is 10.4. The van der Waals surface area contributed by atoms with E-state index >= 15 is 0 Å². The molecule has 2 heterocycles. The first-order valence-electron chi connectivity index (χ1n) is 12.1. The van der Waals surface area contributed by atoms with E-state index in [9.17, 15) is 23.4 Å². The Hall–Kier alpha value is -3.65. The van der Waals surface area contributed by atoms with Crippen LogP contribution in [0.2, 0.25) is 0 Å². The molecule has 2 N–H and O–H groups in total. The molecule has 8 heteroatoms. The summed E-state index contributed by atoms with van der Waals surface area (Å²) >= 11 is 0. The summed E-state index contributed by atoms with van der Waals surface area (Å²) in [6.45, 7) is 1.88. The number of fused-ring (bicyclic) bond motifs is 1. The molecule has 2 aliphatic heterocycles. The van der Waals surface area contributed by atoms with Crippen LogP contribution in [0.3, 0.4) is 0 Å². The summed E-state index contributed by atoms with van der Waals surface area (Å²) in [4.78, 5) is 1.56. The summed E-state index contributed by atoms with van der Waals surface area (Å²) in [6.07, 6.45) is -3.10. The molecule has 2 atom stereocenters. The fourth-order valence-corrected chi connectivity index (χ4v) is 4.95. The number of halogens is 3. The first-order chi connectivity index (χ1) is 17.8. The van der Waals surface area contributed by atoms with Crippen molar-refractivity contribution in [1.29, 1.82) is 0 Å². The second-order valence-corrected chi connectivity index (χ2v) is 9.52. The molecule has 194 valence electrons. The Labute approximate surface area is 213 Å². The average molecular weight is 512 g/mol. The van der Waals surface area contributed by atoms with Gasteiger partial charge in [0.25, 0.3) is 6.43 Å². The molecule has 5 rings (SSSR count). The van der Waals surface area contributed by atoms with Crippen molar-refractivity contribution >= 4 is 11.1 Å². The number of phenolic OH excluding ortho intramolecular Hbond substituents is 2. The Balaban J connectivity index is 1.39. The van der Waals surface area contributed by atoms with Crippen LogP contribution in [-0.4, -0.2) is 54.0 Å². The van der Waals surface area contributed by atoms with Crippen LogP contribution < -0.4 is 9.47 Å². The van der Waals surface area contributed by atoms with Gasteiger partial charge in [0.1, 0.15) is 41.8 Å². The molecule has 0 aromatic heterocycles. The number of aromatic hydroxyl groups is 2. The largest absolute Gasteiger partial charge is 0.508 e. The van der Waals surface area contributed by atoms with E-state index in [1.165, 1.54) is 0 Å². The van der Waals surface area contributed by atoms with Crippen molar-refractivity contribution < 1.29 is 32.9 Å². The number of alkyl halides is 3. The lowest BCUT2D eigenvalue weighted by Crippen LogP contribution is -2.57. The third-order valence-electron chi connectivity index (χ3n) is 7.00. The van der Waals surface area contributed by atoms with Gasteiger partial charge in [-0.2, -0.15) is 0 Å². The third-order valence-corrected chi connectivity index (χ3v) is 7.00. The number of benzene rings is 3. The zero-order valence-corrected chi connectivity index (χ0v) is 20.3. The van der Waals surface area contributed by atoms with Crippen LogP contribution in [-0.2, 0) is 0 Å². The molecule has 0 saturated carbocycles. The maximum Gasteiger partial charge on any atom is 0.257 e. The topological polar surface area (TPSA) is 62.2 Å². The highest BCUT2D eigenvalue weighted by molar-refractivity contribution is 5.95. The van der Waals surface area contributed by atoms with Crippen LogP contribution >= 0.6 is 0 Å². The third kappa shape index (κ3) is 5.11. The lowest BCUT2D eigenvalue weighted by atomic mass is 9.86. The number of nitrogens with zero attached hydrogens (tertiary/aromatic N) is 1. The maximum absolute atomic E-state index is 13.6. The normalized spacial score (nSPS) is 18.8. The number of allylic oxidation sites excluding steroid dienone is 1. The van der Waals surface area contributed by atoms with Gasteiger partial charge in [0.2, 0.25) is 0 Å². The molecule has 0 radical (unpaired) electrons. The molecule has 0 aliphatic carbocycles. The highest BCUT2D eigenvalue weighted by Gasteiger charge is 2.37. The molecular formula is C29H28F3NO4. The molecule has 0 amide bonds. The van der Waals surface area contributed by atoms with Gasteiger partial charge >= 0.3 is 0 Å². The summed E-state index contributed by atoms with van der Waals surface area (Å²) in [5.41, 5.74) is 4.07. The minimum Gasteiger partial charge on any atom is -0.508 e. The zero-order valence-electron chi connectivity index (χ0n) is 20.3. The van der Waals surface area contributed by atoms with Crippen molar-refractivity contribution in [3.8, 4) is 23.0 Å². The van der Waals surface area contributed by atoms with E-state index in [-0.39, 0.29) is 24.0 Å². The van der Waals surface area contributed by atoms with Crippen molar-refractivity contribution in [3.63, 3.8) is 0 Å². The molecule has 3 aromatic rings. The van der Waals surface area contributed by atoms with Crippen LogP contribution in [0.1, 0.15) is 29.7 Å². The number of hydrogen-bond donors (Lipinski definition) is 2. The van der Waals surface area contributed by atoms with E-state index in [1.807, 2.05) is 25.1 Å². The maximum atomic E-state index is 13.6. The molecule has 0 bridgehead atoms. The fraction of sp³-hybridized carbons (Fsp3) is 0.310. The van der Waals surface area contributed by atoms with Crippen molar-refractivity contribution in [2.24, 2.45) is 5.92 Å². The summed E-state index contributed by atoms with van der Waals surface area (Å²) in [6, 6.07) is 17.8. The second-order valence-electron chi connectivity index (χ2n) is 9.52. The Kier molecular flexibility index (Phi) is 7.02. The van der Waals surface area contributed by atoms with Gasteiger partial charge in [-0.3, -0.25) is 9.29 Å². The van der Waals surface area contributed by atoms with Gasteiger partial charge in [-0.15, -0.1) is 0 Å². The summed E-state index contributed by atoms with van der Waals surface area (Å²) < 4.78 is 51.9. The van der Waals surface area contributed by atoms with Gasteiger partial charge < -0.3 is 19.7 Å². The lowest BCUT2D eigenvalue weighted by Gasteiger charge is -2.42. The van der Waals surface area contributed by atoms with E-state index in [1.54, 1.807) is 53.4 Å². The fourth-order valence-electron chi connectivity index (χ4n) is 4.95. The number of ether oxygens (including phenoxy) is 2. The molecule has 3 aromatic carbocycles.